The van der Waals surface area contributed by atoms with Crippen LogP contribution in [0.3, 0.4) is 0 Å². The highest BCUT2D eigenvalue weighted by molar-refractivity contribution is 6.07. The third-order valence-corrected chi connectivity index (χ3v) is 4.00. The predicted octanol–water partition coefficient (Wildman–Crippen LogP) is 4.06. The van der Waals surface area contributed by atoms with Crippen molar-refractivity contribution in [3.05, 3.63) is 78.0 Å². The molecule has 1 heterocycles. The maximum atomic E-state index is 12.4. The minimum absolute atomic E-state index is 0.311. The van der Waals surface area contributed by atoms with Crippen LogP contribution < -0.4 is 5.32 Å². The molecule has 1 amide bonds. The van der Waals surface area contributed by atoms with Gasteiger partial charge in [-0.15, -0.1) is 0 Å². The van der Waals surface area contributed by atoms with Crippen molar-refractivity contribution < 1.29 is 14.3 Å². The first-order chi connectivity index (χ1) is 12.6. The second-order valence-electron chi connectivity index (χ2n) is 5.76. The molecule has 0 aliphatic heterocycles. The van der Waals surface area contributed by atoms with Gasteiger partial charge in [-0.25, -0.2) is 4.79 Å². The fourth-order valence-corrected chi connectivity index (χ4v) is 2.65. The molecule has 0 aliphatic rings. The van der Waals surface area contributed by atoms with Crippen LogP contribution in [0.4, 0.5) is 5.69 Å². The van der Waals surface area contributed by atoms with E-state index in [1.165, 1.54) is 13.2 Å². The van der Waals surface area contributed by atoms with Gasteiger partial charge in [-0.2, -0.15) is 0 Å². The summed E-state index contributed by atoms with van der Waals surface area (Å²) in [5.41, 5.74) is 3.37. The first kappa shape index (κ1) is 17.4. The first-order valence-corrected chi connectivity index (χ1v) is 8.10. The number of hydrogen-bond acceptors (Lipinski definition) is 4. The van der Waals surface area contributed by atoms with Gasteiger partial charge in [-0.05, 0) is 48.4 Å². The molecular formula is C21H18N2O3. The number of carbonyl (C=O) groups excluding carboxylic acids is 2. The number of nitrogens with zero attached hydrogens (tertiary/aromatic N) is 1. The minimum atomic E-state index is -0.497. The summed E-state index contributed by atoms with van der Waals surface area (Å²) in [5, 5.41) is 3.74. The van der Waals surface area contributed by atoms with E-state index in [0.717, 1.165) is 22.0 Å². The molecule has 0 saturated carbocycles. The lowest BCUT2D eigenvalue weighted by Crippen LogP contribution is -2.13. The quantitative estimate of drug-likeness (QED) is 0.571. The fourth-order valence-electron chi connectivity index (χ4n) is 2.65. The molecule has 0 unspecified atom stereocenters. The Bertz CT molecular complexity index is 1010. The molecule has 26 heavy (non-hydrogen) atoms. The molecule has 3 rings (SSSR count). The van der Waals surface area contributed by atoms with Crippen molar-refractivity contribution in [3.63, 3.8) is 0 Å². The van der Waals surface area contributed by atoms with Gasteiger partial charge in [0.15, 0.2) is 0 Å². The summed E-state index contributed by atoms with van der Waals surface area (Å²) in [5.74, 6) is -0.811. The number of esters is 1. The maximum absolute atomic E-state index is 12.4. The number of amides is 1. The van der Waals surface area contributed by atoms with Crippen LogP contribution in [0.2, 0.25) is 0 Å². The van der Waals surface area contributed by atoms with E-state index in [2.05, 4.69) is 10.3 Å². The number of carbonyl (C=O) groups is 2. The zero-order valence-electron chi connectivity index (χ0n) is 14.5. The standard InChI is InChI=1S/C21H18N2O3/c1-14(15-9-10-18-16(13-15)6-5-11-22-18)12-20(24)23-19-8-4-3-7-17(19)21(25)26-2/h3-13H,1-2H3,(H,23,24). The van der Waals surface area contributed by atoms with Crippen molar-refractivity contribution in [1.29, 1.82) is 0 Å². The summed E-state index contributed by atoms with van der Waals surface area (Å²) in [4.78, 5) is 28.5. The number of rotatable bonds is 4. The number of ether oxygens (including phenoxy) is 1. The molecule has 5 heteroatoms. The lowest BCUT2D eigenvalue weighted by molar-refractivity contribution is -0.111. The molecule has 0 saturated heterocycles. The zero-order valence-corrected chi connectivity index (χ0v) is 14.5. The number of fused-ring (bicyclic) bond motifs is 1. The van der Waals surface area contributed by atoms with E-state index in [1.807, 2.05) is 37.3 Å². The third kappa shape index (κ3) is 3.78. The molecule has 0 radical (unpaired) electrons. The Labute approximate surface area is 151 Å². The van der Waals surface area contributed by atoms with Crippen LogP contribution in [0.25, 0.3) is 16.5 Å². The van der Waals surface area contributed by atoms with Gasteiger partial charge in [-0.3, -0.25) is 9.78 Å². The second-order valence-corrected chi connectivity index (χ2v) is 5.76. The number of nitrogens with one attached hydrogen (secondary N) is 1. The number of methoxy groups -OCH3 is 1. The number of allylic oxidation sites excluding steroid dienone is 1. The van der Waals surface area contributed by atoms with Gasteiger partial charge in [0.2, 0.25) is 5.91 Å². The van der Waals surface area contributed by atoms with Gasteiger partial charge in [-0.1, -0.05) is 24.3 Å². The Morgan fingerprint density at radius 2 is 1.88 bits per heavy atom. The average Bonchev–Trinajstić information content (AvgIpc) is 2.67. The molecule has 5 nitrogen and oxygen atoms in total. The molecule has 0 fully saturated rings. The SMILES string of the molecule is COC(=O)c1ccccc1NC(=O)C=C(C)c1ccc2ncccc2c1. The normalized spacial score (nSPS) is 11.2. The highest BCUT2D eigenvalue weighted by atomic mass is 16.5. The van der Waals surface area contributed by atoms with Crippen molar-refractivity contribution >= 4 is 34.0 Å². The smallest absolute Gasteiger partial charge is 0.339 e. The Morgan fingerprint density at radius 1 is 1.08 bits per heavy atom. The fraction of sp³-hybridized carbons (Fsp3) is 0.0952. The maximum Gasteiger partial charge on any atom is 0.339 e. The van der Waals surface area contributed by atoms with Gasteiger partial charge in [0, 0.05) is 17.7 Å². The zero-order chi connectivity index (χ0) is 18.5. The summed E-state index contributed by atoms with van der Waals surface area (Å²) in [7, 11) is 1.31. The van der Waals surface area contributed by atoms with Crippen LogP contribution in [-0.2, 0) is 9.53 Å². The monoisotopic (exact) mass is 346 g/mol. The molecular weight excluding hydrogens is 328 g/mol. The molecule has 2 aromatic carbocycles. The summed E-state index contributed by atoms with van der Waals surface area (Å²) >= 11 is 0. The van der Waals surface area contributed by atoms with Crippen LogP contribution in [0.5, 0.6) is 0 Å². The summed E-state index contributed by atoms with van der Waals surface area (Å²) < 4.78 is 4.74. The van der Waals surface area contributed by atoms with Gasteiger partial charge in [0.25, 0.3) is 0 Å². The Balaban J connectivity index is 1.83. The van der Waals surface area contributed by atoms with Crippen molar-refractivity contribution in [1.82, 2.24) is 4.98 Å². The Morgan fingerprint density at radius 3 is 2.69 bits per heavy atom. The summed E-state index contributed by atoms with van der Waals surface area (Å²) in [6, 6.07) is 16.4. The van der Waals surface area contributed by atoms with Crippen molar-refractivity contribution in [2.75, 3.05) is 12.4 Å². The lowest BCUT2D eigenvalue weighted by atomic mass is 10.0. The van der Waals surface area contributed by atoms with Gasteiger partial charge in [0.05, 0.1) is 23.9 Å². The molecule has 130 valence electrons. The topological polar surface area (TPSA) is 68.3 Å². The van der Waals surface area contributed by atoms with E-state index in [9.17, 15) is 9.59 Å². The van der Waals surface area contributed by atoms with Crippen LogP contribution in [-0.4, -0.2) is 24.0 Å². The summed E-state index contributed by atoms with van der Waals surface area (Å²) in [6.45, 7) is 1.86. The van der Waals surface area contributed by atoms with Gasteiger partial charge >= 0.3 is 5.97 Å². The van der Waals surface area contributed by atoms with Crippen LogP contribution in [0, 0.1) is 0 Å². The molecule has 0 aliphatic carbocycles. The second kappa shape index (κ2) is 7.61. The van der Waals surface area contributed by atoms with E-state index in [-0.39, 0.29) is 5.91 Å². The highest BCUT2D eigenvalue weighted by Gasteiger charge is 2.12. The van der Waals surface area contributed by atoms with Crippen LogP contribution in [0.1, 0.15) is 22.8 Å². The van der Waals surface area contributed by atoms with Gasteiger partial charge in [0.1, 0.15) is 0 Å². The van der Waals surface area contributed by atoms with Crippen molar-refractivity contribution in [3.8, 4) is 0 Å². The lowest BCUT2D eigenvalue weighted by Gasteiger charge is -2.09. The first-order valence-electron chi connectivity index (χ1n) is 8.10. The van der Waals surface area contributed by atoms with E-state index >= 15 is 0 Å². The van der Waals surface area contributed by atoms with E-state index in [4.69, 9.17) is 4.74 Å². The number of benzene rings is 2. The largest absolute Gasteiger partial charge is 0.465 e. The number of para-hydroxylation sites is 1. The van der Waals surface area contributed by atoms with E-state index < -0.39 is 5.97 Å². The van der Waals surface area contributed by atoms with Crippen molar-refractivity contribution in [2.45, 2.75) is 6.92 Å². The summed E-state index contributed by atoms with van der Waals surface area (Å²) in [6.07, 6.45) is 3.25. The number of pyridine rings is 1. The highest BCUT2D eigenvalue weighted by Crippen LogP contribution is 2.20. The van der Waals surface area contributed by atoms with Gasteiger partial charge < -0.3 is 10.1 Å². The molecule has 1 N–H and O–H groups in total. The molecule has 0 bridgehead atoms. The predicted molar refractivity (Wildman–Crippen MR) is 102 cm³/mol. The number of aromatic nitrogens is 1. The van der Waals surface area contributed by atoms with Crippen LogP contribution >= 0.6 is 0 Å². The third-order valence-electron chi connectivity index (χ3n) is 4.00. The molecule has 0 atom stereocenters. The van der Waals surface area contributed by atoms with E-state index in [1.54, 1.807) is 30.5 Å². The average molecular weight is 346 g/mol. The van der Waals surface area contributed by atoms with E-state index in [0.29, 0.717) is 11.3 Å². The Kier molecular flexibility index (Phi) is 5.08. The Hall–Kier alpha value is -3.47. The molecule has 3 aromatic rings. The minimum Gasteiger partial charge on any atom is -0.465 e. The number of hydrogen-bond donors (Lipinski definition) is 1. The van der Waals surface area contributed by atoms with Crippen LogP contribution in [0.15, 0.2) is 66.9 Å². The molecule has 0 spiro atoms. The molecule has 1 aromatic heterocycles. The number of anilines is 1. The van der Waals surface area contributed by atoms with Crippen molar-refractivity contribution in [2.24, 2.45) is 0 Å².